The van der Waals surface area contributed by atoms with E-state index in [9.17, 15) is 14.7 Å². The molecule has 0 aliphatic carbocycles. The van der Waals surface area contributed by atoms with Crippen LogP contribution < -0.4 is 15.4 Å². The lowest BCUT2D eigenvalue weighted by molar-refractivity contribution is -0.673. The first kappa shape index (κ1) is 9.18. The number of nitrogens with zero attached hydrogens (tertiary/aromatic N) is 1. The van der Waals surface area contributed by atoms with E-state index in [0.29, 0.717) is 0 Å². The summed E-state index contributed by atoms with van der Waals surface area (Å²) >= 11 is 0. The van der Waals surface area contributed by atoms with Gasteiger partial charge in [-0.2, -0.15) is 4.57 Å². The number of aryl methyl sites for hydroxylation is 1. The number of primary amides is 1. The lowest BCUT2D eigenvalue weighted by Gasteiger charge is -2.03. The Hall–Kier alpha value is -1.91. The number of pyridine rings is 1. The third kappa shape index (κ3) is 1.64. The molecule has 1 aromatic heterocycles. The molecule has 1 rings (SSSR count). The zero-order valence-corrected chi connectivity index (χ0v) is 6.98. The highest BCUT2D eigenvalue weighted by atomic mass is 16.4. The van der Waals surface area contributed by atoms with E-state index in [-0.39, 0.29) is 11.3 Å². The molecule has 1 heterocycles. The molecule has 0 atom stereocenters. The predicted molar refractivity (Wildman–Crippen MR) is 40.5 cm³/mol. The van der Waals surface area contributed by atoms with E-state index in [1.54, 1.807) is 0 Å². The van der Waals surface area contributed by atoms with Gasteiger partial charge in [0.15, 0.2) is 6.20 Å². The number of hydrogen-bond donors (Lipinski definition) is 1. The molecular weight excluding hydrogens is 172 g/mol. The van der Waals surface area contributed by atoms with Crippen LogP contribution in [0.25, 0.3) is 0 Å². The van der Waals surface area contributed by atoms with Crippen molar-refractivity contribution >= 4 is 11.9 Å². The summed E-state index contributed by atoms with van der Waals surface area (Å²) in [6, 6.07) is 2.77. The zero-order valence-electron chi connectivity index (χ0n) is 6.98. The van der Waals surface area contributed by atoms with Gasteiger partial charge >= 0.3 is 5.91 Å². The Morgan fingerprint density at radius 2 is 2.15 bits per heavy atom. The van der Waals surface area contributed by atoms with Gasteiger partial charge in [0.1, 0.15) is 7.05 Å². The molecule has 1 amide bonds. The fraction of sp³-hybridized carbons (Fsp3) is 0.125. The maximum atomic E-state index is 10.9. The fourth-order valence-corrected chi connectivity index (χ4v) is 1.08. The summed E-state index contributed by atoms with van der Waals surface area (Å²) in [6.45, 7) is 0. The molecule has 5 nitrogen and oxygen atoms in total. The Morgan fingerprint density at radius 1 is 1.54 bits per heavy atom. The summed E-state index contributed by atoms with van der Waals surface area (Å²) in [4.78, 5) is 21.4. The van der Waals surface area contributed by atoms with Crippen molar-refractivity contribution in [2.75, 3.05) is 0 Å². The minimum absolute atomic E-state index is 0.0671. The lowest BCUT2D eigenvalue weighted by Crippen LogP contribution is -2.42. The molecule has 0 aliphatic rings. The number of nitrogens with two attached hydrogens (primary N) is 1. The Kier molecular flexibility index (Phi) is 2.27. The molecule has 5 heteroatoms. The van der Waals surface area contributed by atoms with Crippen LogP contribution in [0.15, 0.2) is 18.3 Å². The molecule has 0 fully saturated rings. The smallest absolute Gasteiger partial charge is 0.314 e. The van der Waals surface area contributed by atoms with Crippen LogP contribution in [0.1, 0.15) is 20.8 Å². The molecule has 0 saturated heterocycles. The van der Waals surface area contributed by atoms with E-state index in [1.165, 1.54) is 29.9 Å². The number of carbonyl (C=O) groups excluding carboxylic acids is 2. The lowest BCUT2D eigenvalue weighted by atomic mass is 10.2. The number of amides is 1. The molecule has 0 aromatic carbocycles. The normalized spacial score (nSPS) is 9.62. The Balaban J connectivity index is 3.43. The second-order valence-corrected chi connectivity index (χ2v) is 2.53. The van der Waals surface area contributed by atoms with Crippen molar-refractivity contribution in [3.8, 4) is 0 Å². The minimum Gasteiger partial charge on any atom is -0.545 e. The summed E-state index contributed by atoms with van der Waals surface area (Å²) in [5, 5.41) is 10.5. The second kappa shape index (κ2) is 3.22. The molecule has 0 radical (unpaired) electrons. The van der Waals surface area contributed by atoms with Crippen molar-refractivity contribution in [2.45, 2.75) is 0 Å². The van der Waals surface area contributed by atoms with E-state index in [1.807, 2.05) is 0 Å². The summed E-state index contributed by atoms with van der Waals surface area (Å²) < 4.78 is 1.34. The first-order chi connectivity index (χ1) is 6.04. The molecule has 1 aromatic rings. The van der Waals surface area contributed by atoms with E-state index in [4.69, 9.17) is 5.73 Å². The molecule has 2 N–H and O–H groups in total. The molecule has 0 spiro atoms. The van der Waals surface area contributed by atoms with Crippen LogP contribution in [-0.2, 0) is 7.05 Å². The third-order valence-electron chi connectivity index (χ3n) is 1.63. The first-order valence-electron chi connectivity index (χ1n) is 3.54. The van der Waals surface area contributed by atoms with Crippen molar-refractivity contribution < 1.29 is 19.3 Å². The maximum Gasteiger partial charge on any atom is 0.314 e. The summed E-state index contributed by atoms with van der Waals surface area (Å²) in [6.07, 6.45) is 1.53. The summed E-state index contributed by atoms with van der Waals surface area (Å²) in [7, 11) is 1.53. The van der Waals surface area contributed by atoms with Crippen molar-refractivity contribution in [1.29, 1.82) is 0 Å². The average Bonchev–Trinajstić information content (AvgIpc) is 2.02. The van der Waals surface area contributed by atoms with Gasteiger partial charge in [0.25, 0.3) is 5.69 Å². The first-order valence-corrected chi connectivity index (χ1v) is 3.54. The topological polar surface area (TPSA) is 87.1 Å². The van der Waals surface area contributed by atoms with E-state index < -0.39 is 11.9 Å². The quantitative estimate of drug-likeness (QED) is 0.532. The highest BCUT2D eigenvalue weighted by molar-refractivity contribution is 6.00. The third-order valence-corrected chi connectivity index (χ3v) is 1.63. The summed E-state index contributed by atoms with van der Waals surface area (Å²) in [5.74, 6) is -2.20. The molecule has 0 saturated carbocycles. The SMILES string of the molecule is C[n+]1cccc(C(=O)[O-])c1C(N)=O. The highest BCUT2D eigenvalue weighted by Crippen LogP contribution is 2.00. The van der Waals surface area contributed by atoms with Gasteiger partial charge in [0, 0.05) is 6.07 Å². The van der Waals surface area contributed by atoms with E-state index >= 15 is 0 Å². The number of carboxylic acids is 1. The van der Waals surface area contributed by atoms with Gasteiger partial charge < -0.3 is 15.6 Å². The summed E-state index contributed by atoms with van der Waals surface area (Å²) in [5.41, 5.74) is 4.74. The van der Waals surface area contributed by atoms with Gasteiger partial charge in [-0.25, -0.2) is 0 Å². The van der Waals surface area contributed by atoms with Crippen molar-refractivity contribution in [1.82, 2.24) is 0 Å². The zero-order chi connectivity index (χ0) is 10.0. The molecule has 13 heavy (non-hydrogen) atoms. The van der Waals surface area contributed by atoms with Gasteiger partial charge in [-0.1, -0.05) is 0 Å². The monoisotopic (exact) mass is 180 g/mol. The fourth-order valence-electron chi connectivity index (χ4n) is 1.08. The van der Waals surface area contributed by atoms with Gasteiger partial charge in [0.05, 0.1) is 11.5 Å². The largest absolute Gasteiger partial charge is 0.545 e. The molecular formula is C8H8N2O3. The highest BCUT2D eigenvalue weighted by Gasteiger charge is 2.19. The Morgan fingerprint density at radius 3 is 2.54 bits per heavy atom. The Labute approximate surface area is 74.4 Å². The second-order valence-electron chi connectivity index (χ2n) is 2.53. The number of hydrogen-bond acceptors (Lipinski definition) is 3. The van der Waals surface area contributed by atoms with Crippen LogP contribution in [-0.4, -0.2) is 11.9 Å². The molecule has 0 aliphatic heterocycles. The van der Waals surface area contributed by atoms with Crippen LogP contribution >= 0.6 is 0 Å². The van der Waals surface area contributed by atoms with Gasteiger partial charge in [0.2, 0.25) is 0 Å². The van der Waals surface area contributed by atoms with Crippen LogP contribution in [0, 0.1) is 0 Å². The van der Waals surface area contributed by atoms with Gasteiger partial charge in [-0.15, -0.1) is 0 Å². The van der Waals surface area contributed by atoms with Crippen LogP contribution in [0.2, 0.25) is 0 Å². The van der Waals surface area contributed by atoms with Crippen LogP contribution in [0.4, 0.5) is 0 Å². The molecule has 0 unspecified atom stereocenters. The standard InChI is InChI=1S/C8H8N2O3/c1-10-4-2-3-5(8(12)13)6(10)7(9)11/h2-4H,1H3,(H2-,9,11,12,13). The van der Waals surface area contributed by atoms with Gasteiger partial charge in [-0.3, -0.25) is 4.79 Å². The van der Waals surface area contributed by atoms with Crippen LogP contribution in [0.3, 0.4) is 0 Å². The molecule has 0 bridgehead atoms. The van der Waals surface area contributed by atoms with E-state index in [2.05, 4.69) is 0 Å². The molecule has 68 valence electrons. The van der Waals surface area contributed by atoms with Crippen molar-refractivity contribution in [2.24, 2.45) is 12.8 Å². The van der Waals surface area contributed by atoms with Crippen LogP contribution in [0.5, 0.6) is 0 Å². The maximum absolute atomic E-state index is 10.9. The predicted octanol–water partition coefficient (Wildman–Crippen LogP) is -2.03. The number of rotatable bonds is 2. The Bertz CT molecular complexity index is 374. The number of carboxylic acid groups (broad SMARTS) is 1. The minimum atomic E-state index is -1.41. The van der Waals surface area contributed by atoms with E-state index in [0.717, 1.165) is 0 Å². The average molecular weight is 180 g/mol. The number of aromatic carboxylic acids is 1. The van der Waals surface area contributed by atoms with Gasteiger partial charge in [-0.05, 0) is 6.07 Å². The number of aromatic nitrogens is 1. The number of carbonyl (C=O) groups is 2. The van der Waals surface area contributed by atoms with Crippen molar-refractivity contribution in [3.63, 3.8) is 0 Å². The van der Waals surface area contributed by atoms with Crippen molar-refractivity contribution in [3.05, 3.63) is 29.6 Å².